The zero-order chi connectivity index (χ0) is 11.5. The molecule has 0 saturated heterocycles. The number of nitrogens with zero attached hydrogens (tertiary/aromatic N) is 1. The molecule has 2 rings (SSSR count). The Morgan fingerprint density at radius 1 is 1.25 bits per heavy atom. The second kappa shape index (κ2) is 4.39. The molecule has 0 aliphatic carbocycles. The zero-order valence-corrected chi connectivity index (χ0v) is 9.91. The van der Waals surface area contributed by atoms with Crippen LogP contribution in [0, 0.1) is 6.92 Å². The largest absolute Gasteiger partial charge is 0.340 e. The molecule has 0 aliphatic heterocycles. The van der Waals surface area contributed by atoms with Crippen molar-refractivity contribution < 1.29 is 0 Å². The van der Waals surface area contributed by atoms with Crippen molar-refractivity contribution in [3.8, 4) is 0 Å². The first-order chi connectivity index (χ1) is 7.66. The fourth-order valence-corrected chi connectivity index (χ4v) is 1.60. The predicted octanol–water partition coefficient (Wildman–Crippen LogP) is 3.59. The number of rotatable bonds is 3. The number of aromatic amines is 1. The summed E-state index contributed by atoms with van der Waals surface area (Å²) >= 11 is 0. The number of benzene rings is 1. The summed E-state index contributed by atoms with van der Waals surface area (Å²) in [4.78, 5) is 0. The van der Waals surface area contributed by atoms with Gasteiger partial charge in [-0.05, 0) is 30.0 Å². The SMILES string of the molecule is Cc1ccc(C(C)C)cc1Nc1ccn[nH]1. The van der Waals surface area contributed by atoms with Crippen molar-refractivity contribution in [3.05, 3.63) is 41.6 Å². The normalized spacial score (nSPS) is 10.8. The van der Waals surface area contributed by atoms with Crippen LogP contribution in [-0.4, -0.2) is 10.2 Å². The molecule has 0 aliphatic rings. The summed E-state index contributed by atoms with van der Waals surface area (Å²) in [5.41, 5.74) is 3.71. The third kappa shape index (κ3) is 2.24. The Kier molecular flexibility index (Phi) is 2.95. The van der Waals surface area contributed by atoms with Gasteiger partial charge in [0.15, 0.2) is 0 Å². The third-order valence-corrected chi connectivity index (χ3v) is 2.70. The third-order valence-electron chi connectivity index (χ3n) is 2.70. The number of nitrogens with one attached hydrogen (secondary N) is 2. The van der Waals surface area contributed by atoms with Crippen LogP contribution in [-0.2, 0) is 0 Å². The molecule has 0 saturated carbocycles. The molecule has 1 heterocycles. The minimum Gasteiger partial charge on any atom is -0.340 e. The molecule has 0 unspecified atom stereocenters. The fourth-order valence-electron chi connectivity index (χ4n) is 1.60. The molecule has 84 valence electrons. The molecular formula is C13H17N3. The van der Waals surface area contributed by atoms with Crippen molar-refractivity contribution in [2.24, 2.45) is 0 Å². The number of anilines is 2. The molecule has 0 fully saturated rings. The van der Waals surface area contributed by atoms with Gasteiger partial charge >= 0.3 is 0 Å². The van der Waals surface area contributed by atoms with Gasteiger partial charge in [-0.2, -0.15) is 5.10 Å². The van der Waals surface area contributed by atoms with Crippen LogP contribution in [0.3, 0.4) is 0 Å². The van der Waals surface area contributed by atoms with Gasteiger partial charge in [-0.3, -0.25) is 5.10 Å². The Hall–Kier alpha value is -1.77. The minimum atomic E-state index is 0.544. The van der Waals surface area contributed by atoms with E-state index < -0.39 is 0 Å². The van der Waals surface area contributed by atoms with Crippen molar-refractivity contribution in [1.82, 2.24) is 10.2 Å². The lowest BCUT2D eigenvalue weighted by Crippen LogP contribution is -1.96. The molecule has 3 heteroatoms. The van der Waals surface area contributed by atoms with E-state index in [9.17, 15) is 0 Å². The first-order valence-corrected chi connectivity index (χ1v) is 5.54. The van der Waals surface area contributed by atoms with E-state index in [0.29, 0.717) is 5.92 Å². The van der Waals surface area contributed by atoms with Crippen molar-refractivity contribution >= 4 is 11.5 Å². The highest BCUT2D eigenvalue weighted by molar-refractivity contribution is 5.61. The monoisotopic (exact) mass is 215 g/mol. The summed E-state index contributed by atoms with van der Waals surface area (Å²) in [7, 11) is 0. The molecule has 2 aromatic rings. The summed E-state index contributed by atoms with van der Waals surface area (Å²) in [6.07, 6.45) is 1.74. The van der Waals surface area contributed by atoms with Gasteiger partial charge in [-0.1, -0.05) is 26.0 Å². The van der Waals surface area contributed by atoms with Gasteiger partial charge in [0.2, 0.25) is 0 Å². The van der Waals surface area contributed by atoms with Crippen LogP contribution in [0.5, 0.6) is 0 Å². The molecule has 0 bridgehead atoms. The van der Waals surface area contributed by atoms with Gasteiger partial charge in [0.25, 0.3) is 0 Å². The molecule has 0 spiro atoms. The topological polar surface area (TPSA) is 40.7 Å². The average molecular weight is 215 g/mol. The number of aryl methyl sites for hydroxylation is 1. The van der Waals surface area contributed by atoms with E-state index in [4.69, 9.17) is 0 Å². The standard InChI is InChI=1S/C13H17N3/c1-9(2)11-5-4-10(3)12(8-11)15-13-6-7-14-16-13/h4-9H,1-3H3,(H2,14,15,16). The van der Waals surface area contributed by atoms with Gasteiger partial charge in [0.05, 0.1) is 6.20 Å². The Morgan fingerprint density at radius 2 is 2.06 bits per heavy atom. The molecule has 0 amide bonds. The van der Waals surface area contributed by atoms with Crippen molar-refractivity contribution in [2.45, 2.75) is 26.7 Å². The maximum absolute atomic E-state index is 3.92. The van der Waals surface area contributed by atoms with Crippen LogP contribution in [0.25, 0.3) is 0 Å². The van der Waals surface area contributed by atoms with Gasteiger partial charge in [0.1, 0.15) is 5.82 Å². The van der Waals surface area contributed by atoms with Crippen molar-refractivity contribution in [1.29, 1.82) is 0 Å². The summed E-state index contributed by atoms with van der Waals surface area (Å²) in [6, 6.07) is 8.44. The zero-order valence-electron chi connectivity index (χ0n) is 9.91. The van der Waals surface area contributed by atoms with Gasteiger partial charge in [-0.25, -0.2) is 0 Å². The number of aromatic nitrogens is 2. The molecule has 16 heavy (non-hydrogen) atoms. The molecule has 2 N–H and O–H groups in total. The minimum absolute atomic E-state index is 0.544. The maximum Gasteiger partial charge on any atom is 0.125 e. The first kappa shape index (κ1) is 10.7. The Labute approximate surface area is 95.9 Å². The quantitative estimate of drug-likeness (QED) is 0.821. The lowest BCUT2D eigenvalue weighted by molar-refractivity contribution is 0.866. The highest BCUT2D eigenvalue weighted by atomic mass is 15.2. The second-order valence-corrected chi connectivity index (χ2v) is 4.32. The van der Waals surface area contributed by atoms with E-state index in [-0.39, 0.29) is 0 Å². The summed E-state index contributed by atoms with van der Waals surface area (Å²) < 4.78 is 0. The summed E-state index contributed by atoms with van der Waals surface area (Å²) in [5, 5.41) is 10.1. The van der Waals surface area contributed by atoms with Crippen molar-refractivity contribution in [3.63, 3.8) is 0 Å². The van der Waals surface area contributed by atoms with Crippen LogP contribution in [0.4, 0.5) is 11.5 Å². The molecular weight excluding hydrogens is 198 g/mol. The highest BCUT2D eigenvalue weighted by Crippen LogP contribution is 2.24. The fraction of sp³-hybridized carbons (Fsp3) is 0.308. The van der Waals surface area contributed by atoms with E-state index in [1.165, 1.54) is 11.1 Å². The van der Waals surface area contributed by atoms with E-state index in [1.54, 1.807) is 6.20 Å². The smallest absolute Gasteiger partial charge is 0.125 e. The second-order valence-electron chi connectivity index (χ2n) is 4.32. The first-order valence-electron chi connectivity index (χ1n) is 5.54. The van der Waals surface area contributed by atoms with Crippen LogP contribution < -0.4 is 5.32 Å². The summed E-state index contributed by atoms with van der Waals surface area (Å²) in [6.45, 7) is 6.50. The Morgan fingerprint density at radius 3 is 2.69 bits per heavy atom. The van der Waals surface area contributed by atoms with Crippen LogP contribution in [0.1, 0.15) is 30.9 Å². The number of hydrogen-bond donors (Lipinski definition) is 2. The Bertz CT molecular complexity index is 458. The van der Waals surface area contributed by atoms with Crippen LogP contribution in [0.15, 0.2) is 30.5 Å². The van der Waals surface area contributed by atoms with Gasteiger partial charge in [0, 0.05) is 11.8 Å². The van der Waals surface area contributed by atoms with E-state index >= 15 is 0 Å². The average Bonchev–Trinajstić information content (AvgIpc) is 2.73. The highest BCUT2D eigenvalue weighted by Gasteiger charge is 2.04. The molecule has 0 radical (unpaired) electrons. The van der Waals surface area contributed by atoms with E-state index in [0.717, 1.165) is 11.5 Å². The number of hydrogen-bond acceptors (Lipinski definition) is 2. The lowest BCUT2D eigenvalue weighted by atomic mass is 10.0. The number of H-pyrrole nitrogens is 1. The van der Waals surface area contributed by atoms with Crippen LogP contribution >= 0.6 is 0 Å². The van der Waals surface area contributed by atoms with E-state index in [2.05, 4.69) is 54.5 Å². The molecule has 0 atom stereocenters. The Balaban J connectivity index is 2.29. The van der Waals surface area contributed by atoms with Gasteiger partial charge < -0.3 is 5.32 Å². The molecule has 1 aromatic heterocycles. The maximum atomic E-state index is 3.92. The molecule has 3 nitrogen and oxygen atoms in total. The predicted molar refractivity (Wildman–Crippen MR) is 67.1 cm³/mol. The summed E-state index contributed by atoms with van der Waals surface area (Å²) in [5.74, 6) is 1.46. The van der Waals surface area contributed by atoms with Crippen LogP contribution in [0.2, 0.25) is 0 Å². The molecule has 1 aromatic carbocycles. The lowest BCUT2D eigenvalue weighted by Gasteiger charge is -2.12. The van der Waals surface area contributed by atoms with Gasteiger partial charge in [-0.15, -0.1) is 0 Å². The van der Waals surface area contributed by atoms with Crippen molar-refractivity contribution in [2.75, 3.05) is 5.32 Å². The van der Waals surface area contributed by atoms with E-state index in [1.807, 2.05) is 6.07 Å².